The Morgan fingerprint density at radius 2 is 2.22 bits per heavy atom. The van der Waals surface area contributed by atoms with Gasteiger partial charge < -0.3 is 5.32 Å². The highest BCUT2D eigenvalue weighted by Gasteiger charge is 2.31. The minimum absolute atomic E-state index is 0.344. The molecule has 0 unspecified atom stereocenters. The van der Waals surface area contributed by atoms with Crippen molar-refractivity contribution in [1.82, 2.24) is 19.2 Å². The maximum absolute atomic E-state index is 11.7. The molecule has 0 aromatic carbocycles. The molecule has 1 aliphatic rings. The highest BCUT2D eigenvalue weighted by atomic mass is 32.2. The molecule has 0 radical (unpaired) electrons. The average Bonchev–Trinajstić information content (AvgIpc) is 2.95. The Kier molecular flexibility index (Phi) is 4.70. The minimum atomic E-state index is -3.09. The topological polar surface area (TPSA) is 66.7 Å². The van der Waals surface area contributed by atoms with Gasteiger partial charge in [0.1, 0.15) is 0 Å². The molecule has 0 aliphatic carbocycles. The van der Waals surface area contributed by atoms with Crippen molar-refractivity contribution >= 4 is 15.5 Å². The Morgan fingerprint density at radius 1 is 1.39 bits per heavy atom. The number of aromatic nitrogens is 2. The van der Waals surface area contributed by atoms with E-state index >= 15 is 0 Å². The van der Waals surface area contributed by atoms with E-state index < -0.39 is 10.0 Å². The molecule has 2 atom stereocenters. The molecule has 7 heteroatoms. The van der Waals surface area contributed by atoms with Gasteiger partial charge >= 0.3 is 0 Å². The molecular formula is C16H24N4O2S. The van der Waals surface area contributed by atoms with E-state index in [1.165, 1.54) is 11.8 Å². The number of sulfonamides is 1. The van der Waals surface area contributed by atoms with Crippen molar-refractivity contribution in [3.8, 4) is 0 Å². The zero-order chi connectivity index (χ0) is 16.4. The van der Waals surface area contributed by atoms with Gasteiger partial charge in [-0.25, -0.2) is 17.2 Å². The number of pyridine rings is 1. The quantitative estimate of drug-likeness (QED) is 0.898. The predicted molar refractivity (Wildman–Crippen MR) is 90.6 cm³/mol. The van der Waals surface area contributed by atoms with E-state index in [9.17, 15) is 8.42 Å². The largest absolute Gasteiger partial charge is 0.309 e. The van der Waals surface area contributed by atoms with Crippen LogP contribution >= 0.6 is 0 Å². The second-order valence-corrected chi connectivity index (χ2v) is 8.25. The normalized spacial score (nSPS) is 23.4. The maximum atomic E-state index is 11.7. The van der Waals surface area contributed by atoms with Gasteiger partial charge in [-0.05, 0) is 24.5 Å². The fourth-order valence-corrected chi connectivity index (χ4v) is 4.25. The van der Waals surface area contributed by atoms with Crippen LogP contribution in [0.5, 0.6) is 0 Å². The molecule has 3 heterocycles. The van der Waals surface area contributed by atoms with Crippen molar-refractivity contribution in [3.05, 3.63) is 36.2 Å². The van der Waals surface area contributed by atoms with E-state index in [1.54, 1.807) is 4.31 Å². The van der Waals surface area contributed by atoms with Gasteiger partial charge in [0.2, 0.25) is 10.0 Å². The van der Waals surface area contributed by atoms with Crippen molar-refractivity contribution in [2.75, 3.05) is 19.3 Å². The van der Waals surface area contributed by atoms with Crippen LogP contribution in [0.2, 0.25) is 0 Å². The SMILES string of the molecule is CC[C@@H]1CN(S(C)(=O)=O)CC[C@@H]1NCc1cnn2ccccc12. The zero-order valence-corrected chi connectivity index (χ0v) is 14.5. The smallest absolute Gasteiger partial charge is 0.211 e. The maximum Gasteiger partial charge on any atom is 0.211 e. The number of hydrogen-bond donors (Lipinski definition) is 1. The molecule has 23 heavy (non-hydrogen) atoms. The molecule has 2 aromatic heterocycles. The molecule has 1 fully saturated rings. The summed E-state index contributed by atoms with van der Waals surface area (Å²) in [4.78, 5) is 0. The average molecular weight is 336 g/mol. The Balaban J connectivity index is 1.66. The van der Waals surface area contributed by atoms with Crippen LogP contribution in [-0.2, 0) is 16.6 Å². The van der Waals surface area contributed by atoms with Gasteiger partial charge in [-0.1, -0.05) is 19.4 Å². The lowest BCUT2D eigenvalue weighted by Crippen LogP contribution is -2.50. The van der Waals surface area contributed by atoms with Gasteiger partial charge in [-0.15, -0.1) is 0 Å². The third kappa shape index (κ3) is 3.57. The van der Waals surface area contributed by atoms with Crippen LogP contribution in [0.15, 0.2) is 30.6 Å². The van der Waals surface area contributed by atoms with Crippen LogP contribution in [0.1, 0.15) is 25.3 Å². The Hall–Kier alpha value is -1.44. The number of nitrogens with one attached hydrogen (secondary N) is 1. The molecular weight excluding hydrogens is 312 g/mol. The molecule has 1 N–H and O–H groups in total. The van der Waals surface area contributed by atoms with E-state index in [0.717, 1.165) is 24.9 Å². The van der Waals surface area contributed by atoms with Gasteiger partial charge in [-0.2, -0.15) is 5.10 Å². The molecule has 0 bridgehead atoms. The summed E-state index contributed by atoms with van der Waals surface area (Å²) in [5.41, 5.74) is 2.28. The fourth-order valence-electron chi connectivity index (χ4n) is 3.35. The molecule has 6 nitrogen and oxygen atoms in total. The summed E-state index contributed by atoms with van der Waals surface area (Å²) >= 11 is 0. The van der Waals surface area contributed by atoms with Gasteiger partial charge in [0.05, 0.1) is 18.0 Å². The molecule has 2 aromatic rings. The van der Waals surface area contributed by atoms with Crippen LogP contribution in [0.3, 0.4) is 0 Å². The third-order valence-electron chi connectivity index (χ3n) is 4.75. The van der Waals surface area contributed by atoms with Gasteiger partial charge in [0.15, 0.2) is 0 Å². The standard InChI is InChI=1S/C16H24N4O2S/c1-3-13-12-19(23(2,21)22)9-7-15(13)17-10-14-11-18-20-8-5-4-6-16(14)20/h4-6,8,11,13,15,17H,3,7,9-10,12H2,1-2H3/t13-,15+/m1/s1. The second kappa shape index (κ2) is 6.59. The molecule has 0 saturated carbocycles. The first-order valence-corrected chi connectivity index (χ1v) is 9.93. The first-order chi connectivity index (χ1) is 11.0. The van der Waals surface area contributed by atoms with E-state index in [-0.39, 0.29) is 0 Å². The summed E-state index contributed by atoms with van der Waals surface area (Å²) in [5, 5.41) is 7.97. The molecule has 126 valence electrons. The lowest BCUT2D eigenvalue weighted by Gasteiger charge is -2.37. The lowest BCUT2D eigenvalue weighted by atomic mass is 9.91. The number of nitrogens with zero attached hydrogens (tertiary/aromatic N) is 3. The van der Waals surface area contributed by atoms with Gasteiger partial charge in [0.25, 0.3) is 0 Å². The molecule has 0 spiro atoms. The van der Waals surface area contributed by atoms with Crippen LogP contribution in [0.4, 0.5) is 0 Å². The van der Waals surface area contributed by atoms with Crippen molar-refractivity contribution in [1.29, 1.82) is 0 Å². The van der Waals surface area contributed by atoms with Crippen molar-refractivity contribution in [2.45, 2.75) is 32.4 Å². The molecule has 0 amide bonds. The Morgan fingerprint density at radius 3 is 2.96 bits per heavy atom. The van der Waals surface area contributed by atoms with Crippen LogP contribution in [0, 0.1) is 5.92 Å². The number of fused-ring (bicyclic) bond motifs is 1. The van der Waals surface area contributed by atoms with Crippen LogP contribution in [0.25, 0.3) is 5.52 Å². The third-order valence-corrected chi connectivity index (χ3v) is 6.02. The number of rotatable bonds is 5. The highest BCUT2D eigenvalue weighted by Crippen LogP contribution is 2.22. The highest BCUT2D eigenvalue weighted by molar-refractivity contribution is 7.88. The summed E-state index contributed by atoms with van der Waals surface area (Å²) < 4.78 is 27.0. The van der Waals surface area contributed by atoms with E-state index in [4.69, 9.17) is 0 Å². The Bertz CT molecular complexity index is 771. The van der Waals surface area contributed by atoms with Gasteiger partial charge in [-0.3, -0.25) is 0 Å². The second-order valence-electron chi connectivity index (χ2n) is 6.27. The summed E-state index contributed by atoms with van der Waals surface area (Å²) in [7, 11) is -3.09. The Labute approximate surface area is 137 Å². The van der Waals surface area contributed by atoms with Crippen molar-refractivity contribution < 1.29 is 8.42 Å². The monoisotopic (exact) mass is 336 g/mol. The summed E-state index contributed by atoms with van der Waals surface area (Å²) in [6.45, 7) is 4.09. The van der Waals surface area contributed by atoms with Crippen LogP contribution in [-0.4, -0.2) is 47.7 Å². The molecule has 3 rings (SSSR count). The van der Waals surface area contributed by atoms with E-state index in [1.807, 2.05) is 29.0 Å². The summed E-state index contributed by atoms with van der Waals surface area (Å²) in [6.07, 6.45) is 6.96. The fraction of sp³-hybridized carbons (Fsp3) is 0.562. The van der Waals surface area contributed by atoms with Crippen LogP contribution < -0.4 is 5.32 Å². The number of piperidine rings is 1. The first kappa shape index (κ1) is 16.4. The number of hydrogen-bond acceptors (Lipinski definition) is 4. The summed E-state index contributed by atoms with van der Waals surface area (Å²) in [6, 6.07) is 6.38. The van der Waals surface area contributed by atoms with E-state index in [0.29, 0.717) is 25.0 Å². The minimum Gasteiger partial charge on any atom is -0.309 e. The lowest BCUT2D eigenvalue weighted by molar-refractivity contribution is 0.202. The van der Waals surface area contributed by atoms with Crippen molar-refractivity contribution in [2.24, 2.45) is 5.92 Å². The van der Waals surface area contributed by atoms with E-state index in [2.05, 4.69) is 23.4 Å². The summed E-state index contributed by atoms with van der Waals surface area (Å²) in [5.74, 6) is 0.348. The predicted octanol–water partition coefficient (Wildman–Crippen LogP) is 1.48. The zero-order valence-electron chi connectivity index (χ0n) is 13.6. The molecule has 1 aliphatic heterocycles. The van der Waals surface area contributed by atoms with Gasteiger partial charge in [0, 0.05) is 37.4 Å². The molecule has 1 saturated heterocycles. The van der Waals surface area contributed by atoms with Crippen molar-refractivity contribution in [3.63, 3.8) is 0 Å². The first-order valence-electron chi connectivity index (χ1n) is 8.08.